The number of nitrogens with zero attached hydrogens (tertiary/aromatic N) is 2. The highest BCUT2D eigenvalue weighted by atomic mass is 16.5. The van der Waals surface area contributed by atoms with Gasteiger partial charge in [0.25, 0.3) is 0 Å². The minimum Gasteiger partial charge on any atom is -0.493 e. The third-order valence-electron chi connectivity index (χ3n) is 5.96. The number of carbonyl (C=O) groups is 1. The topological polar surface area (TPSA) is 42.0 Å². The second-order valence-corrected chi connectivity index (χ2v) is 8.13. The second-order valence-electron chi connectivity index (χ2n) is 8.13. The van der Waals surface area contributed by atoms with Gasteiger partial charge in [-0.3, -0.25) is 9.69 Å². The van der Waals surface area contributed by atoms with Gasteiger partial charge in [-0.15, -0.1) is 0 Å². The van der Waals surface area contributed by atoms with Gasteiger partial charge >= 0.3 is 0 Å². The Morgan fingerprint density at radius 1 is 0.875 bits per heavy atom. The number of methoxy groups -OCH3 is 1. The maximum Gasteiger partial charge on any atom is 0.229 e. The van der Waals surface area contributed by atoms with E-state index in [4.69, 9.17) is 9.47 Å². The third-order valence-corrected chi connectivity index (χ3v) is 5.96. The molecule has 0 spiro atoms. The minimum absolute atomic E-state index is 0.105. The van der Waals surface area contributed by atoms with Gasteiger partial charge in [-0.25, -0.2) is 0 Å². The van der Waals surface area contributed by atoms with Crippen LogP contribution in [0.3, 0.4) is 0 Å². The van der Waals surface area contributed by atoms with Crippen LogP contribution in [0, 0.1) is 0 Å². The third kappa shape index (κ3) is 5.29. The Morgan fingerprint density at radius 2 is 1.56 bits per heavy atom. The van der Waals surface area contributed by atoms with Crippen molar-refractivity contribution in [1.82, 2.24) is 9.80 Å². The summed E-state index contributed by atoms with van der Waals surface area (Å²) in [5.41, 5.74) is 2.27. The van der Waals surface area contributed by atoms with Crippen LogP contribution in [0.5, 0.6) is 17.2 Å². The first-order valence-electron chi connectivity index (χ1n) is 11.1. The van der Waals surface area contributed by atoms with Crippen LogP contribution in [0.15, 0.2) is 78.9 Å². The van der Waals surface area contributed by atoms with E-state index in [0.717, 1.165) is 44.0 Å². The van der Waals surface area contributed by atoms with Gasteiger partial charge < -0.3 is 14.4 Å². The Hall–Kier alpha value is -3.31. The molecule has 166 valence electrons. The lowest BCUT2D eigenvalue weighted by atomic mass is 9.99. The summed E-state index contributed by atoms with van der Waals surface area (Å²) in [5, 5.41) is 0. The molecule has 4 rings (SSSR count). The van der Waals surface area contributed by atoms with Crippen molar-refractivity contribution in [1.29, 1.82) is 0 Å². The number of amides is 1. The number of hydrogen-bond acceptors (Lipinski definition) is 4. The maximum absolute atomic E-state index is 12.9. The summed E-state index contributed by atoms with van der Waals surface area (Å²) < 4.78 is 11.4. The molecule has 1 aliphatic rings. The van der Waals surface area contributed by atoms with E-state index in [0.29, 0.717) is 11.5 Å². The highest BCUT2D eigenvalue weighted by molar-refractivity contribution is 5.83. The largest absolute Gasteiger partial charge is 0.493 e. The van der Waals surface area contributed by atoms with Crippen molar-refractivity contribution in [2.45, 2.75) is 19.4 Å². The van der Waals surface area contributed by atoms with Crippen molar-refractivity contribution in [3.63, 3.8) is 0 Å². The van der Waals surface area contributed by atoms with Crippen molar-refractivity contribution in [2.75, 3.05) is 33.3 Å². The number of rotatable bonds is 7. The minimum atomic E-state index is -0.105. The normalized spacial score (nSPS) is 15.2. The van der Waals surface area contributed by atoms with Crippen molar-refractivity contribution < 1.29 is 14.3 Å². The number of piperazine rings is 1. The zero-order valence-electron chi connectivity index (χ0n) is 18.7. The Bertz CT molecular complexity index is 1030. The molecule has 5 heteroatoms. The lowest BCUT2D eigenvalue weighted by molar-refractivity contribution is -0.134. The predicted octanol–water partition coefficient (Wildman–Crippen LogP) is 4.94. The van der Waals surface area contributed by atoms with E-state index in [1.807, 2.05) is 78.6 Å². The first kappa shape index (κ1) is 21.9. The van der Waals surface area contributed by atoms with E-state index >= 15 is 0 Å². The maximum atomic E-state index is 12.9. The Labute approximate surface area is 190 Å². The van der Waals surface area contributed by atoms with Crippen LogP contribution >= 0.6 is 0 Å². The molecular formula is C27H30N2O3. The lowest BCUT2D eigenvalue weighted by Gasteiger charge is -2.36. The summed E-state index contributed by atoms with van der Waals surface area (Å²) in [7, 11) is 1.64. The van der Waals surface area contributed by atoms with E-state index < -0.39 is 0 Å². The highest BCUT2D eigenvalue weighted by Gasteiger charge is 2.25. The molecule has 0 radical (unpaired) electrons. The molecular weight excluding hydrogens is 400 g/mol. The fourth-order valence-electron chi connectivity index (χ4n) is 4.08. The monoisotopic (exact) mass is 430 g/mol. The van der Waals surface area contributed by atoms with Gasteiger partial charge in [0.05, 0.1) is 13.0 Å². The summed E-state index contributed by atoms with van der Waals surface area (Å²) in [4.78, 5) is 17.3. The molecule has 1 atom stereocenters. The molecule has 1 saturated heterocycles. The van der Waals surface area contributed by atoms with E-state index in [-0.39, 0.29) is 11.8 Å². The fourth-order valence-corrected chi connectivity index (χ4v) is 4.08. The summed E-state index contributed by atoms with van der Waals surface area (Å²) in [6.07, 6.45) is 0. The fraction of sp³-hybridized carbons (Fsp3) is 0.296. The molecule has 1 fully saturated rings. The number of para-hydroxylation sites is 2. The molecule has 3 aromatic carbocycles. The molecule has 0 N–H and O–H groups in total. The molecule has 1 aliphatic heterocycles. The summed E-state index contributed by atoms with van der Waals surface area (Å²) in [6, 6.07) is 25.8. The zero-order valence-corrected chi connectivity index (χ0v) is 18.7. The molecule has 1 amide bonds. The predicted molar refractivity (Wildman–Crippen MR) is 126 cm³/mol. The van der Waals surface area contributed by atoms with Gasteiger partial charge in [0.15, 0.2) is 11.5 Å². The van der Waals surface area contributed by atoms with Crippen molar-refractivity contribution in [2.24, 2.45) is 0 Å². The van der Waals surface area contributed by atoms with Gasteiger partial charge in [-0.1, -0.05) is 54.6 Å². The lowest BCUT2D eigenvalue weighted by Crippen LogP contribution is -2.49. The van der Waals surface area contributed by atoms with E-state index in [1.165, 1.54) is 5.56 Å². The van der Waals surface area contributed by atoms with Crippen LogP contribution in [-0.2, 0) is 11.3 Å². The molecule has 0 aromatic heterocycles. The zero-order chi connectivity index (χ0) is 22.3. The SMILES string of the molecule is COc1ccccc1Oc1cccc(CN2CCN(C(=O)C(C)c3ccccc3)CC2)c1. The van der Waals surface area contributed by atoms with Gasteiger partial charge in [0.1, 0.15) is 5.75 Å². The summed E-state index contributed by atoms with van der Waals surface area (Å²) in [5.74, 6) is 2.31. The van der Waals surface area contributed by atoms with Gasteiger partial charge in [-0.2, -0.15) is 0 Å². The quantitative estimate of drug-likeness (QED) is 0.533. The molecule has 32 heavy (non-hydrogen) atoms. The standard InChI is InChI=1S/C27H30N2O3/c1-21(23-10-4-3-5-11-23)27(30)29-17-15-28(16-18-29)20-22-9-8-12-24(19-22)32-26-14-7-6-13-25(26)31-2/h3-14,19,21H,15-18,20H2,1-2H3. The Morgan fingerprint density at radius 3 is 2.28 bits per heavy atom. The van der Waals surface area contributed by atoms with Crippen LogP contribution < -0.4 is 9.47 Å². The summed E-state index contributed by atoms with van der Waals surface area (Å²) in [6.45, 7) is 6.08. The van der Waals surface area contributed by atoms with Gasteiger partial charge in [0.2, 0.25) is 5.91 Å². The first-order chi connectivity index (χ1) is 15.6. The second kappa shape index (κ2) is 10.3. The Kier molecular flexibility index (Phi) is 7.07. The van der Waals surface area contributed by atoms with Crippen LogP contribution in [0.25, 0.3) is 0 Å². The van der Waals surface area contributed by atoms with Crippen LogP contribution in [-0.4, -0.2) is 49.0 Å². The average Bonchev–Trinajstić information content (AvgIpc) is 2.85. The number of benzene rings is 3. The van der Waals surface area contributed by atoms with Gasteiger partial charge in [0, 0.05) is 32.7 Å². The van der Waals surface area contributed by atoms with Crippen LogP contribution in [0.2, 0.25) is 0 Å². The smallest absolute Gasteiger partial charge is 0.229 e. The van der Waals surface area contributed by atoms with Crippen molar-refractivity contribution in [3.05, 3.63) is 90.0 Å². The van der Waals surface area contributed by atoms with Crippen molar-refractivity contribution in [3.8, 4) is 17.2 Å². The first-order valence-corrected chi connectivity index (χ1v) is 11.1. The van der Waals surface area contributed by atoms with Crippen molar-refractivity contribution >= 4 is 5.91 Å². The molecule has 0 aliphatic carbocycles. The van der Waals surface area contributed by atoms with E-state index in [9.17, 15) is 4.79 Å². The van der Waals surface area contributed by atoms with Gasteiger partial charge in [-0.05, 0) is 42.3 Å². The number of hydrogen-bond donors (Lipinski definition) is 0. The molecule has 5 nitrogen and oxygen atoms in total. The highest BCUT2D eigenvalue weighted by Crippen LogP contribution is 2.31. The molecule has 1 unspecified atom stereocenters. The molecule has 0 saturated carbocycles. The van der Waals surface area contributed by atoms with E-state index in [2.05, 4.69) is 17.0 Å². The molecule has 1 heterocycles. The summed E-state index contributed by atoms with van der Waals surface area (Å²) >= 11 is 0. The molecule has 0 bridgehead atoms. The Balaban J connectivity index is 1.32. The van der Waals surface area contributed by atoms with E-state index in [1.54, 1.807) is 7.11 Å². The number of ether oxygens (including phenoxy) is 2. The van der Waals surface area contributed by atoms with Crippen LogP contribution in [0.1, 0.15) is 24.0 Å². The molecule has 3 aromatic rings. The number of carbonyl (C=O) groups excluding carboxylic acids is 1. The van der Waals surface area contributed by atoms with Crippen LogP contribution in [0.4, 0.5) is 0 Å². The average molecular weight is 431 g/mol.